The summed E-state index contributed by atoms with van der Waals surface area (Å²) in [6.45, 7) is 4.76. The van der Waals surface area contributed by atoms with Crippen LogP contribution < -0.4 is 10.1 Å². The summed E-state index contributed by atoms with van der Waals surface area (Å²) in [5.74, 6) is 0.784. The van der Waals surface area contributed by atoms with Gasteiger partial charge in [0.05, 0.1) is 23.5 Å². The van der Waals surface area contributed by atoms with Crippen LogP contribution in [-0.2, 0) is 13.6 Å². The molecule has 0 unspecified atom stereocenters. The fourth-order valence-corrected chi connectivity index (χ4v) is 2.21. The summed E-state index contributed by atoms with van der Waals surface area (Å²) in [5.41, 5.74) is 4.25. The molecule has 0 saturated carbocycles. The SMILES string of the molecule is COc1ccc(Cl)c(NCc2c(C)nn(C)c2C)c1. The van der Waals surface area contributed by atoms with Gasteiger partial charge in [0.15, 0.2) is 0 Å². The van der Waals surface area contributed by atoms with Crippen molar-refractivity contribution in [1.82, 2.24) is 9.78 Å². The molecule has 2 rings (SSSR count). The van der Waals surface area contributed by atoms with E-state index in [-0.39, 0.29) is 0 Å². The summed E-state index contributed by atoms with van der Waals surface area (Å²) in [6.07, 6.45) is 0. The van der Waals surface area contributed by atoms with Crippen molar-refractivity contribution in [1.29, 1.82) is 0 Å². The Hall–Kier alpha value is -1.68. The molecule has 0 aliphatic heterocycles. The van der Waals surface area contributed by atoms with Crippen molar-refractivity contribution in [2.45, 2.75) is 20.4 Å². The fourth-order valence-electron chi connectivity index (χ4n) is 2.02. The summed E-state index contributed by atoms with van der Waals surface area (Å²) >= 11 is 6.17. The van der Waals surface area contributed by atoms with Gasteiger partial charge in [0.2, 0.25) is 0 Å². The van der Waals surface area contributed by atoms with Crippen LogP contribution in [0.5, 0.6) is 5.75 Å². The number of benzene rings is 1. The Labute approximate surface area is 118 Å². The Morgan fingerprint density at radius 3 is 2.68 bits per heavy atom. The van der Waals surface area contributed by atoms with Crippen LogP contribution in [0.3, 0.4) is 0 Å². The minimum absolute atomic E-state index is 0.681. The van der Waals surface area contributed by atoms with Crippen molar-refractivity contribution in [3.05, 3.63) is 40.2 Å². The van der Waals surface area contributed by atoms with E-state index >= 15 is 0 Å². The van der Waals surface area contributed by atoms with Crippen molar-refractivity contribution < 1.29 is 4.74 Å². The molecule has 0 spiro atoms. The molecule has 2 aromatic rings. The number of anilines is 1. The predicted molar refractivity (Wildman–Crippen MR) is 78.0 cm³/mol. The number of aromatic nitrogens is 2. The van der Waals surface area contributed by atoms with Gasteiger partial charge in [0, 0.05) is 30.9 Å². The van der Waals surface area contributed by atoms with Gasteiger partial charge in [-0.2, -0.15) is 5.10 Å². The number of halogens is 1. The molecule has 1 N–H and O–H groups in total. The maximum absolute atomic E-state index is 6.17. The smallest absolute Gasteiger partial charge is 0.121 e. The third-order valence-electron chi connectivity index (χ3n) is 3.29. The van der Waals surface area contributed by atoms with Crippen LogP contribution in [0.1, 0.15) is 17.0 Å². The molecular weight excluding hydrogens is 262 g/mol. The zero-order chi connectivity index (χ0) is 14.0. The molecule has 0 aliphatic carbocycles. The first-order valence-corrected chi connectivity index (χ1v) is 6.47. The lowest BCUT2D eigenvalue weighted by Crippen LogP contribution is -2.03. The average molecular weight is 280 g/mol. The molecule has 102 valence electrons. The maximum atomic E-state index is 6.17. The third-order valence-corrected chi connectivity index (χ3v) is 3.62. The number of hydrogen-bond acceptors (Lipinski definition) is 3. The van der Waals surface area contributed by atoms with E-state index in [2.05, 4.69) is 17.3 Å². The van der Waals surface area contributed by atoms with Crippen LogP contribution in [0.15, 0.2) is 18.2 Å². The highest BCUT2D eigenvalue weighted by Crippen LogP contribution is 2.27. The van der Waals surface area contributed by atoms with E-state index in [1.54, 1.807) is 7.11 Å². The highest BCUT2D eigenvalue weighted by Gasteiger charge is 2.10. The van der Waals surface area contributed by atoms with Crippen molar-refractivity contribution in [2.24, 2.45) is 7.05 Å². The zero-order valence-corrected chi connectivity index (χ0v) is 12.4. The quantitative estimate of drug-likeness (QED) is 0.933. The molecule has 5 heteroatoms. The highest BCUT2D eigenvalue weighted by atomic mass is 35.5. The Morgan fingerprint density at radius 1 is 1.37 bits per heavy atom. The van der Waals surface area contributed by atoms with Gasteiger partial charge in [-0.3, -0.25) is 4.68 Å². The van der Waals surface area contributed by atoms with Gasteiger partial charge < -0.3 is 10.1 Å². The van der Waals surface area contributed by atoms with Crippen molar-refractivity contribution >= 4 is 17.3 Å². The van der Waals surface area contributed by atoms with Crippen molar-refractivity contribution in [2.75, 3.05) is 12.4 Å². The van der Waals surface area contributed by atoms with Gasteiger partial charge >= 0.3 is 0 Å². The molecule has 0 radical (unpaired) electrons. The van der Waals surface area contributed by atoms with Crippen molar-refractivity contribution in [3.8, 4) is 5.75 Å². The molecule has 0 bridgehead atoms. The molecule has 1 heterocycles. The minimum Gasteiger partial charge on any atom is -0.497 e. The number of nitrogens with one attached hydrogen (secondary N) is 1. The first-order chi connectivity index (χ1) is 9.02. The van der Waals surface area contributed by atoms with E-state index in [1.165, 1.54) is 5.56 Å². The topological polar surface area (TPSA) is 39.1 Å². The standard InChI is InChI=1S/C14H18ClN3O/c1-9-12(10(2)18(3)17-9)8-16-14-7-11(19-4)5-6-13(14)15/h5-7,16H,8H2,1-4H3. The van der Waals surface area contributed by atoms with Crippen LogP contribution in [0, 0.1) is 13.8 Å². The normalized spacial score (nSPS) is 10.6. The fraction of sp³-hybridized carbons (Fsp3) is 0.357. The zero-order valence-electron chi connectivity index (χ0n) is 11.6. The molecule has 0 atom stereocenters. The Kier molecular flexibility index (Phi) is 4.00. The predicted octanol–water partition coefficient (Wildman–Crippen LogP) is 3.31. The number of rotatable bonds is 4. The van der Waals surface area contributed by atoms with Crippen molar-refractivity contribution in [3.63, 3.8) is 0 Å². The van der Waals surface area contributed by atoms with Crippen LogP contribution >= 0.6 is 11.6 Å². The number of methoxy groups -OCH3 is 1. The highest BCUT2D eigenvalue weighted by molar-refractivity contribution is 6.33. The molecule has 1 aromatic heterocycles. The molecular formula is C14H18ClN3O. The molecule has 0 amide bonds. The monoisotopic (exact) mass is 279 g/mol. The summed E-state index contributed by atoms with van der Waals surface area (Å²) < 4.78 is 7.09. The second-order valence-corrected chi connectivity index (χ2v) is 4.88. The third kappa shape index (κ3) is 2.84. The van der Waals surface area contributed by atoms with Gasteiger partial charge in [0.25, 0.3) is 0 Å². The van der Waals surface area contributed by atoms with E-state index in [0.29, 0.717) is 11.6 Å². The molecule has 1 aromatic carbocycles. The van der Waals surface area contributed by atoms with E-state index in [4.69, 9.17) is 16.3 Å². The lowest BCUT2D eigenvalue weighted by atomic mass is 10.2. The Bertz CT molecular complexity index is 593. The minimum atomic E-state index is 0.681. The van der Waals surface area contributed by atoms with Gasteiger partial charge in [-0.05, 0) is 26.0 Å². The van der Waals surface area contributed by atoms with Gasteiger partial charge in [0.1, 0.15) is 5.75 Å². The summed E-state index contributed by atoms with van der Waals surface area (Å²) in [6, 6.07) is 5.56. The van der Waals surface area contributed by atoms with E-state index in [1.807, 2.05) is 36.9 Å². The van der Waals surface area contributed by atoms with Crippen LogP contribution in [0.2, 0.25) is 5.02 Å². The molecule has 0 fully saturated rings. The van der Waals surface area contributed by atoms with Gasteiger partial charge in [-0.25, -0.2) is 0 Å². The number of nitrogens with zero attached hydrogens (tertiary/aromatic N) is 2. The summed E-state index contributed by atoms with van der Waals surface area (Å²) in [7, 11) is 3.59. The average Bonchev–Trinajstić information content (AvgIpc) is 2.63. The number of aryl methyl sites for hydroxylation is 2. The molecule has 0 aliphatic rings. The van der Waals surface area contributed by atoms with Crippen LogP contribution in [0.25, 0.3) is 0 Å². The lowest BCUT2D eigenvalue weighted by molar-refractivity contribution is 0.415. The molecule has 19 heavy (non-hydrogen) atoms. The van der Waals surface area contributed by atoms with E-state index in [9.17, 15) is 0 Å². The summed E-state index contributed by atoms with van der Waals surface area (Å²) in [4.78, 5) is 0. The van der Waals surface area contributed by atoms with E-state index in [0.717, 1.165) is 22.8 Å². The number of ether oxygens (including phenoxy) is 1. The first kappa shape index (κ1) is 13.7. The lowest BCUT2D eigenvalue weighted by Gasteiger charge is -2.10. The Balaban J connectivity index is 2.18. The second-order valence-electron chi connectivity index (χ2n) is 4.47. The van der Waals surface area contributed by atoms with Gasteiger partial charge in [-0.15, -0.1) is 0 Å². The second kappa shape index (κ2) is 5.53. The first-order valence-electron chi connectivity index (χ1n) is 6.09. The largest absolute Gasteiger partial charge is 0.497 e. The number of hydrogen-bond donors (Lipinski definition) is 1. The van der Waals surface area contributed by atoms with E-state index < -0.39 is 0 Å². The molecule has 0 saturated heterocycles. The molecule has 4 nitrogen and oxygen atoms in total. The summed E-state index contributed by atoms with van der Waals surface area (Å²) in [5, 5.41) is 8.41. The Morgan fingerprint density at radius 2 is 2.11 bits per heavy atom. The van der Waals surface area contributed by atoms with Crippen LogP contribution in [0.4, 0.5) is 5.69 Å². The maximum Gasteiger partial charge on any atom is 0.121 e. The van der Waals surface area contributed by atoms with Gasteiger partial charge in [-0.1, -0.05) is 11.6 Å². The van der Waals surface area contributed by atoms with Crippen LogP contribution in [-0.4, -0.2) is 16.9 Å².